The molecule has 0 aromatic heterocycles. The summed E-state index contributed by atoms with van der Waals surface area (Å²) in [7, 11) is 0.342. The van der Waals surface area contributed by atoms with Crippen molar-refractivity contribution in [2.45, 2.75) is 17.9 Å². The first kappa shape index (κ1) is 20.5. The third-order valence-electron chi connectivity index (χ3n) is 3.79. The third kappa shape index (κ3) is 5.11. The molecule has 0 bridgehead atoms. The highest BCUT2D eigenvalue weighted by Crippen LogP contribution is 2.29. The van der Waals surface area contributed by atoms with E-state index in [4.69, 9.17) is 14.2 Å². The third-order valence-corrected chi connectivity index (χ3v) is 5.19. The number of carbonyl (C=O) groups excluding carboxylic acids is 1. The van der Waals surface area contributed by atoms with Gasteiger partial charge < -0.3 is 19.5 Å². The number of rotatable bonds is 8. The van der Waals surface area contributed by atoms with Gasteiger partial charge in [0.2, 0.25) is 0 Å². The lowest BCUT2D eigenvalue weighted by Gasteiger charge is -2.15. The Kier molecular flexibility index (Phi) is 6.65. The summed E-state index contributed by atoms with van der Waals surface area (Å²) in [5, 5.41) is 2.61. The molecule has 0 aliphatic rings. The quantitative estimate of drug-likeness (QED) is 0.713. The summed E-state index contributed by atoms with van der Waals surface area (Å²) in [6.07, 6.45) is -0.676. The number of benzene rings is 2. The molecular formula is C18H22N2O6S. The SMILES string of the molecule is COc1ccc(NS(=O)(=O)c2cc(NC(=O)[C@@H](C)OC)ccc2OC)cc1. The fourth-order valence-corrected chi connectivity index (χ4v) is 3.44. The van der Waals surface area contributed by atoms with Gasteiger partial charge in [0.1, 0.15) is 22.5 Å². The predicted molar refractivity (Wildman–Crippen MR) is 102 cm³/mol. The largest absolute Gasteiger partial charge is 0.497 e. The summed E-state index contributed by atoms with van der Waals surface area (Å²) in [6.45, 7) is 1.59. The van der Waals surface area contributed by atoms with Gasteiger partial charge in [-0.2, -0.15) is 0 Å². The Balaban J connectivity index is 2.32. The fourth-order valence-electron chi connectivity index (χ4n) is 2.18. The number of anilines is 2. The van der Waals surface area contributed by atoms with Gasteiger partial charge in [0.05, 0.1) is 14.2 Å². The van der Waals surface area contributed by atoms with Crippen LogP contribution in [0.1, 0.15) is 6.92 Å². The van der Waals surface area contributed by atoms with E-state index in [1.807, 2.05) is 0 Å². The van der Waals surface area contributed by atoms with Crippen LogP contribution in [0.3, 0.4) is 0 Å². The average Bonchev–Trinajstić information content (AvgIpc) is 2.67. The minimum absolute atomic E-state index is 0.108. The normalized spacial score (nSPS) is 12.1. The van der Waals surface area contributed by atoms with E-state index in [2.05, 4.69) is 10.0 Å². The van der Waals surface area contributed by atoms with E-state index in [1.54, 1.807) is 37.3 Å². The molecule has 146 valence electrons. The van der Waals surface area contributed by atoms with Gasteiger partial charge in [-0.05, 0) is 49.4 Å². The molecule has 2 aromatic rings. The summed E-state index contributed by atoms with van der Waals surface area (Å²) in [5.41, 5.74) is 0.667. The molecule has 0 heterocycles. The first-order chi connectivity index (χ1) is 12.8. The number of methoxy groups -OCH3 is 3. The smallest absolute Gasteiger partial charge is 0.265 e. The van der Waals surface area contributed by atoms with Crippen molar-refractivity contribution in [1.82, 2.24) is 0 Å². The molecule has 8 nitrogen and oxygen atoms in total. The highest BCUT2D eigenvalue weighted by atomic mass is 32.2. The van der Waals surface area contributed by atoms with E-state index in [-0.39, 0.29) is 10.6 Å². The molecule has 0 radical (unpaired) electrons. The Morgan fingerprint density at radius 3 is 2.15 bits per heavy atom. The topological polar surface area (TPSA) is 103 Å². The Morgan fingerprint density at radius 1 is 0.963 bits per heavy atom. The van der Waals surface area contributed by atoms with Crippen LogP contribution in [0, 0.1) is 0 Å². The Bertz CT molecular complexity index is 897. The number of hydrogen-bond acceptors (Lipinski definition) is 6. The highest BCUT2D eigenvalue weighted by Gasteiger charge is 2.21. The van der Waals surface area contributed by atoms with E-state index < -0.39 is 22.0 Å². The number of ether oxygens (including phenoxy) is 3. The predicted octanol–water partition coefficient (Wildman–Crippen LogP) is 2.48. The van der Waals surface area contributed by atoms with Crippen LogP contribution in [-0.4, -0.2) is 41.8 Å². The molecule has 0 aliphatic heterocycles. The number of sulfonamides is 1. The second-order valence-corrected chi connectivity index (χ2v) is 7.22. The monoisotopic (exact) mass is 394 g/mol. The van der Waals surface area contributed by atoms with E-state index in [0.29, 0.717) is 17.1 Å². The van der Waals surface area contributed by atoms with E-state index in [9.17, 15) is 13.2 Å². The van der Waals surface area contributed by atoms with Gasteiger partial charge in [-0.25, -0.2) is 8.42 Å². The molecule has 0 saturated heterocycles. The van der Waals surface area contributed by atoms with Crippen LogP contribution in [0.15, 0.2) is 47.4 Å². The molecule has 1 amide bonds. The summed E-state index contributed by atoms with van der Waals surface area (Å²) >= 11 is 0. The van der Waals surface area contributed by atoms with Gasteiger partial charge in [0.15, 0.2) is 0 Å². The molecule has 0 saturated carbocycles. The van der Waals surface area contributed by atoms with Crippen LogP contribution in [0.2, 0.25) is 0 Å². The Morgan fingerprint density at radius 2 is 1.59 bits per heavy atom. The summed E-state index contributed by atoms with van der Waals surface area (Å²) in [6, 6.07) is 10.8. The van der Waals surface area contributed by atoms with Gasteiger partial charge in [-0.3, -0.25) is 9.52 Å². The van der Waals surface area contributed by atoms with Crippen molar-refractivity contribution in [3.05, 3.63) is 42.5 Å². The van der Waals surface area contributed by atoms with Crippen molar-refractivity contribution < 1.29 is 27.4 Å². The molecule has 2 aromatic carbocycles. The zero-order valence-electron chi connectivity index (χ0n) is 15.5. The van der Waals surface area contributed by atoms with Crippen molar-refractivity contribution >= 4 is 27.3 Å². The molecular weight excluding hydrogens is 372 g/mol. The molecule has 0 spiro atoms. The van der Waals surface area contributed by atoms with Crippen LogP contribution in [0.25, 0.3) is 0 Å². The van der Waals surface area contributed by atoms with Crippen molar-refractivity contribution in [1.29, 1.82) is 0 Å². The minimum Gasteiger partial charge on any atom is -0.497 e. The zero-order valence-corrected chi connectivity index (χ0v) is 16.3. The average molecular weight is 394 g/mol. The summed E-state index contributed by atoms with van der Waals surface area (Å²) in [5.74, 6) is 0.357. The van der Waals surface area contributed by atoms with Gasteiger partial charge in [-0.15, -0.1) is 0 Å². The second kappa shape index (κ2) is 8.74. The standard InChI is InChI=1S/C18H22N2O6S/c1-12(24-2)18(21)19-14-7-10-16(26-4)17(11-14)27(22,23)20-13-5-8-15(25-3)9-6-13/h5-12,20H,1-4H3,(H,19,21)/t12-/m1/s1. The van der Waals surface area contributed by atoms with Crippen molar-refractivity contribution in [2.75, 3.05) is 31.4 Å². The van der Waals surface area contributed by atoms with Gasteiger partial charge in [0, 0.05) is 18.5 Å². The first-order valence-corrected chi connectivity index (χ1v) is 9.47. The molecule has 2 rings (SSSR count). The lowest BCUT2D eigenvalue weighted by Crippen LogP contribution is -2.26. The lowest BCUT2D eigenvalue weighted by atomic mass is 10.3. The second-order valence-electron chi connectivity index (χ2n) is 5.57. The molecule has 0 aliphatic carbocycles. The van der Waals surface area contributed by atoms with Crippen LogP contribution < -0.4 is 19.5 Å². The van der Waals surface area contributed by atoms with E-state index in [0.717, 1.165) is 0 Å². The fraction of sp³-hybridized carbons (Fsp3) is 0.278. The molecule has 0 fully saturated rings. The van der Waals surface area contributed by atoms with Crippen LogP contribution in [-0.2, 0) is 19.6 Å². The number of amides is 1. The number of nitrogens with one attached hydrogen (secondary N) is 2. The summed E-state index contributed by atoms with van der Waals surface area (Å²) in [4.78, 5) is 11.9. The maximum Gasteiger partial charge on any atom is 0.265 e. The van der Waals surface area contributed by atoms with Crippen molar-refractivity contribution in [3.63, 3.8) is 0 Å². The summed E-state index contributed by atoms with van der Waals surface area (Å²) < 4.78 is 43.2. The number of hydrogen-bond donors (Lipinski definition) is 2. The minimum atomic E-state index is -3.96. The lowest BCUT2D eigenvalue weighted by molar-refractivity contribution is -0.124. The molecule has 1 atom stereocenters. The zero-order chi connectivity index (χ0) is 20.0. The highest BCUT2D eigenvalue weighted by molar-refractivity contribution is 7.92. The Hall–Kier alpha value is -2.78. The van der Waals surface area contributed by atoms with E-state index in [1.165, 1.54) is 33.5 Å². The van der Waals surface area contributed by atoms with Crippen LogP contribution >= 0.6 is 0 Å². The molecule has 9 heteroatoms. The maximum atomic E-state index is 12.8. The van der Waals surface area contributed by atoms with Crippen molar-refractivity contribution in [3.8, 4) is 11.5 Å². The van der Waals surface area contributed by atoms with Gasteiger partial charge in [-0.1, -0.05) is 0 Å². The van der Waals surface area contributed by atoms with Crippen molar-refractivity contribution in [2.24, 2.45) is 0 Å². The Labute approximate surface area is 158 Å². The van der Waals surface area contributed by atoms with Gasteiger partial charge >= 0.3 is 0 Å². The molecule has 27 heavy (non-hydrogen) atoms. The molecule has 2 N–H and O–H groups in total. The maximum absolute atomic E-state index is 12.8. The first-order valence-electron chi connectivity index (χ1n) is 7.99. The molecule has 0 unspecified atom stereocenters. The van der Waals surface area contributed by atoms with E-state index >= 15 is 0 Å². The van der Waals surface area contributed by atoms with Gasteiger partial charge in [0.25, 0.3) is 15.9 Å². The van der Waals surface area contributed by atoms with Crippen LogP contribution in [0.5, 0.6) is 11.5 Å². The van der Waals surface area contributed by atoms with Crippen LogP contribution in [0.4, 0.5) is 11.4 Å². The number of carbonyl (C=O) groups is 1.